The Morgan fingerprint density at radius 1 is 1.08 bits per heavy atom. The molecule has 2 nitrogen and oxygen atoms in total. The zero-order valence-corrected chi connectivity index (χ0v) is 17.3. The zero-order valence-electron chi connectivity index (χ0n) is 16.5. The van der Waals surface area contributed by atoms with Gasteiger partial charge in [0.2, 0.25) is 0 Å². The van der Waals surface area contributed by atoms with Crippen LogP contribution in [-0.2, 0) is 0 Å². The number of pyridine rings is 1. The molecule has 3 heteroatoms. The summed E-state index contributed by atoms with van der Waals surface area (Å²) < 4.78 is 0. The van der Waals surface area contributed by atoms with E-state index in [2.05, 4.69) is 30.4 Å². The average Bonchev–Trinajstić information content (AvgIpc) is 2.98. The molecular weight excluding hydrogens is 312 g/mol. The lowest BCUT2D eigenvalue weighted by molar-refractivity contribution is 0.886. The van der Waals surface area contributed by atoms with Crippen molar-refractivity contribution in [1.29, 1.82) is 0 Å². The second kappa shape index (κ2) is 17.6. The quantitative estimate of drug-likeness (QED) is 0.580. The first-order chi connectivity index (χ1) is 11.6. The molecule has 2 aromatic heterocycles. The number of hydrogen-bond donors (Lipinski definition) is 0. The van der Waals surface area contributed by atoms with E-state index in [4.69, 9.17) is 0 Å². The molecule has 0 fully saturated rings. The molecule has 2 aromatic rings. The summed E-state index contributed by atoms with van der Waals surface area (Å²) in [7, 11) is 0. The van der Waals surface area contributed by atoms with E-state index >= 15 is 0 Å². The van der Waals surface area contributed by atoms with Crippen LogP contribution >= 0.6 is 11.3 Å². The van der Waals surface area contributed by atoms with Gasteiger partial charge >= 0.3 is 0 Å². The van der Waals surface area contributed by atoms with E-state index in [9.17, 15) is 0 Å². The maximum absolute atomic E-state index is 4.33. The summed E-state index contributed by atoms with van der Waals surface area (Å²) in [6.45, 7) is 18.1. The van der Waals surface area contributed by atoms with Crippen molar-refractivity contribution in [3.8, 4) is 0 Å². The minimum atomic E-state index is 1.03. The molecule has 0 aromatic carbocycles. The van der Waals surface area contributed by atoms with Gasteiger partial charge in [-0.1, -0.05) is 53.2 Å². The summed E-state index contributed by atoms with van der Waals surface area (Å²) in [4.78, 5) is 9.33. The van der Waals surface area contributed by atoms with Gasteiger partial charge in [-0.25, -0.2) is 4.98 Å². The summed E-state index contributed by atoms with van der Waals surface area (Å²) in [6, 6.07) is 3.94. The van der Waals surface area contributed by atoms with Crippen LogP contribution in [-0.4, -0.2) is 9.97 Å². The van der Waals surface area contributed by atoms with Crippen molar-refractivity contribution in [3.05, 3.63) is 58.3 Å². The van der Waals surface area contributed by atoms with Crippen LogP contribution in [0.2, 0.25) is 0 Å². The van der Waals surface area contributed by atoms with Crippen LogP contribution in [0.25, 0.3) is 12.2 Å². The van der Waals surface area contributed by atoms with E-state index in [1.165, 1.54) is 18.4 Å². The summed E-state index contributed by atoms with van der Waals surface area (Å²) in [5.41, 5.74) is 2.29. The number of thiazole rings is 1. The second-order valence-electron chi connectivity index (χ2n) is 4.71. The van der Waals surface area contributed by atoms with Crippen LogP contribution in [0.3, 0.4) is 0 Å². The molecule has 0 aliphatic rings. The molecule has 0 aliphatic carbocycles. The van der Waals surface area contributed by atoms with Gasteiger partial charge < -0.3 is 0 Å². The lowest BCUT2D eigenvalue weighted by Crippen LogP contribution is -1.73. The Bertz CT molecular complexity index is 540. The zero-order chi connectivity index (χ0) is 18.8. The van der Waals surface area contributed by atoms with Crippen molar-refractivity contribution in [2.24, 2.45) is 0 Å². The van der Waals surface area contributed by atoms with Crippen LogP contribution in [0, 0.1) is 13.8 Å². The smallest absolute Gasteiger partial charge is 0.0907 e. The topological polar surface area (TPSA) is 25.8 Å². The minimum Gasteiger partial charge on any atom is -0.265 e. The highest BCUT2D eigenvalue weighted by Gasteiger charge is 2.00. The van der Waals surface area contributed by atoms with Crippen LogP contribution < -0.4 is 0 Å². The molecule has 24 heavy (non-hydrogen) atoms. The predicted octanol–water partition coefficient (Wildman–Crippen LogP) is 7.35. The first-order valence-electron chi connectivity index (χ1n) is 8.68. The van der Waals surface area contributed by atoms with E-state index in [0.717, 1.165) is 15.6 Å². The lowest BCUT2D eigenvalue weighted by Gasteiger charge is -1.84. The first kappa shape index (κ1) is 24.5. The van der Waals surface area contributed by atoms with Crippen molar-refractivity contribution in [1.82, 2.24) is 9.97 Å². The fraction of sp³-hybridized carbons (Fsp3) is 0.429. The van der Waals surface area contributed by atoms with Gasteiger partial charge in [0.1, 0.15) is 0 Å². The van der Waals surface area contributed by atoms with Gasteiger partial charge in [-0.05, 0) is 50.6 Å². The molecule has 0 radical (unpaired) electrons. The molecule has 0 saturated heterocycles. The summed E-state index contributed by atoms with van der Waals surface area (Å²) in [5.74, 6) is 0. The van der Waals surface area contributed by atoms with Crippen molar-refractivity contribution < 1.29 is 0 Å². The molecule has 2 heterocycles. The van der Waals surface area contributed by atoms with E-state index < -0.39 is 0 Å². The Morgan fingerprint density at radius 3 is 1.96 bits per heavy atom. The molecule has 0 amide bonds. The van der Waals surface area contributed by atoms with Gasteiger partial charge in [0.25, 0.3) is 0 Å². The standard InChI is InChI=1S/C9H11NS.C6H7N.C4H10.C2H6/c1-4-6-8-9(5-2)11-7(3)10-8;1-6-2-4-7-5-3-6;1-3-4-2;1-2/h4-6H,2H2,1,3H3;2-5H,1H3;3-4H2,1-2H3;1-2H3/b6-4-;;;. The SMILES string of the molecule is C=Cc1sc(C)nc1/C=C\C.CC.CCCC.Cc1ccncc1. The molecule has 0 bridgehead atoms. The Labute approximate surface area is 153 Å². The molecule has 0 unspecified atom stereocenters. The highest BCUT2D eigenvalue weighted by molar-refractivity contribution is 7.12. The average molecular weight is 347 g/mol. The number of aryl methyl sites for hydroxylation is 2. The highest BCUT2D eigenvalue weighted by Crippen LogP contribution is 2.19. The Kier molecular flexibility index (Phi) is 18.0. The highest BCUT2D eigenvalue weighted by atomic mass is 32.1. The van der Waals surface area contributed by atoms with Gasteiger partial charge in [0.15, 0.2) is 0 Å². The monoisotopic (exact) mass is 346 g/mol. The van der Waals surface area contributed by atoms with E-state index in [1.807, 2.05) is 65.0 Å². The number of aromatic nitrogens is 2. The van der Waals surface area contributed by atoms with Gasteiger partial charge in [-0.2, -0.15) is 0 Å². The molecule has 134 valence electrons. The third kappa shape index (κ3) is 12.8. The van der Waals surface area contributed by atoms with Crippen molar-refractivity contribution in [3.63, 3.8) is 0 Å². The summed E-state index contributed by atoms with van der Waals surface area (Å²) in [5, 5.41) is 1.09. The maximum Gasteiger partial charge on any atom is 0.0907 e. The molecule has 0 spiro atoms. The molecule has 0 atom stereocenters. The van der Waals surface area contributed by atoms with Gasteiger partial charge in [0.05, 0.1) is 15.6 Å². The summed E-state index contributed by atoms with van der Waals surface area (Å²) >= 11 is 1.67. The normalized spacial score (nSPS) is 8.96. The van der Waals surface area contributed by atoms with Gasteiger partial charge in [-0.3, -0.25) is 4.98 Å². The maximum atomic E-state index is 4.33. The number of nitrogens with zero attached hydrogens (tertiary/aromatic N) is 2. The first-order valence-corrected chi connectivity index (χ1v) is 9.49. The number of hydrogen-bond acceptors (Lipinski definition) is 3. The van der Waals surface area contributed by atoms with E-state index in [1.54, 1.807) is 23.7 Å². The molecular formula is C21H34N2S. The van der Waals surface area contributed by atoms with Gasteiger partial charge in [0, 0.05) is 12.4 Å². The third-order valence-electron chi connectivity index (χ3n) is 2.64. The number of allylic oxidation sites excluding steroid dienone is 1. The van der Waals surface area contributed by atoms with E-state index in [0.29, 0.717) is 0 Å². The molecule has 0 N–H and O–H groups in total. The van der Waals surface area contributed by atoms with Crippen LogP contribution in [0.4, 0.5) is 0 Å². The Balaban J connectivity index is 0. The fourth-order valence-electron chi connectivity index (χ4n) is 1.31. The van der Waals surface area contributed by atoms with Crippen molar-refractivity contribution in [2.75, 3.05) is 0 Å². The number of rotatable bonds is 3. The number of unbranched alkanes of at least 4 members (excludes halogenated alkanes) is 1. The van der Waals surface area contributed by atoms with Gasteiger partial charge in [-0.15, -0.1) is 11.3 Å². The molecule has 0 aliphatic heterocycles. The van der Waals surface area contributed by atoms with Crippen LogP contribution in [0.5, 0.6) is 0 Å². The Hall–Kier alpha value is -1.74. The molecule has 0 saturated carbocycles. The van der Waals surface area contributed by atoms with Crippen LogP contribution in [0.15, 0.2) is 37.2 Å². The Morgan fingerprint density at radius 2 is 1.62 bits per heavy atom. The fourth-order valence-corrected chi connectivity index (χ4v) is 2.07. The minimum absolute atomic E-state index is 1.03. The summed E-state index contributed by atoms with van der Waals surface area (Å²) in [6.07, 6.45) is 12.0. The third-order valence-corrected chi connectivity index (χ3v) is 3.63. The predicted molar refractivity (Wildman–Crippen MR) is 113 cm³/mol. The second-order valence-corrected chi connectivity index (χ2v) is 5.95. The van der Waals surface area contributed by atoms with Crippen molar-refractivity contribution >= 4 is 23.5 Å². The largest absolute Gasteiger partial charge is 0.265 e. The van der Waals surface area contributed by atoms with E-state index in [-0.39, 0.29) is 0 Å². The van der Waals surface area contributed by atoms with Crippen molar-refractivity contribution in [2.45, 2.75) is 61.3 Å². The molecule has 2 rings (SSSR count). The lowest BCUT2D eigenvalue weighted by atomic mass is 10.3. The van der Waals surface area contributed by atoms with Crippen LogP contribution in [0.1, 0.15) is 68.6 Å².